The monoisotopic (exact) mass is 302 g/mol. The number of carbonyl (C=O) groups excluding carboxylic acids is 2. The van der Waals surface area contributed by atoms with E-state index in [0.717, 1.165) is 18.6 Å². The average molecular weight is 302 g/mol. The molecule has 0 aliphatic heterocycles. The Hall–Kier alpha value is -2.50. The summed E-state index contributed by atoms with van der Waals surface area (Å²) in [7, 11) is 1.73. The number of anilines is 1. The molecule has 2 aromatic rings. The fraction of sp³-hybridized carbons (Fsp3) is 0.375. The molecule has 0 radical (unpaired) electrons. The summed E-state index contributed by atoms with van der Waals surface area (Å²) in [6.45, 7) is 2.03. The highest BCUT2D eigenvalue weighted by Gasteiger charge is 2.31. The van der Waals surface area contributed by atoms with Gasteiger partial charge in [-0.05, 0) is 31.9 Å². The molecule has 6 heteroatoms. The number of nitrogens with zero attached hydrogens (tertiary/aromatic N) is 1. The maximum absolute atomic E-state index is 12.4. The first-order chi connectivity index (χ1) is 10.6. The molecule has 1 amide bonds. The molecule has 0 saturated heterocycles. The predicted molar refractivity (Wildman–Crippen MR) is 80.0 cm³/mol. The standard InChI is InChI=1S/C16H18N2O4/c1-3-21-16(20)13-12(6-8-18(13)2)17-15(19)11-7-9-22-14(11)10-4-5-10/h6-10H,3-5H2,1-2H3,(H,17,19). The third kappa shape index (κ3) is 2.64. The van der Waals surface area contributed by atoms with Crippen molar-refractivity contribution in [1.82, 2.24) is 4.57 Å². The molecule has 116 valence electrons. The second kappa shape index (κ2) is 5.71. The zero-order valence-electron chi connectivity index (χ0n) is 12.6. The summed E-state index contributed by atoms with van der Waals surface area (Å²) in [6, 6.07) is 3.34. The van der Waals surface area contributed by atoms with Crippen molar-refractivity contribution in [1.29, 1.82) is 0 Å². The van der Waals surface area contributed by atoms with Crippen LogP contribution in [0.4, 0.5) is 5.69 Å². The zero-order chi connectivity index (χ0) is 15.7. The van der Waals surface area contributed by atoms with Gasteiger partial charge in [0, 0.05) is 19.2 Å². The lowest BCUT2D eigenvalue weighted by atomic mass is 10.1. The van der Waals surface area contributed by atoms with E-state index in [4.69, 9.17) is 9.15 Å². The molecule has 1 aliphatic rings. The molecule has 0 unspecified atom stereocenters. The first-order valence-corrected chi connectivity index (χ1v) is 7.33. The van der Waals surface area contributed by atoms with Crippen LogP contribution in [0.2, 0.25) is 0 Å². The molecule has 1 saturated carbocycles. The van der Waals surface area contributed by atoms with Crippen molar-refractivity contribution in [2.45, 2.75) is 25.7 Å². The minimum atomic E-state index is -0.458. The Balaban J connectivity index is 1.82. The Labute approximate surface area is 128 Å². The topological polar surface area (TPSA) is 73.5 Å². The molecule has 0 aromatic carbocycles. The van der Waals surface area contributed by atoms with Crippen LogP contribution in [0.5, 0.6) is 0 Å². The van der Waals surface area contributed by atoms with Gasteiger partial charge in [-0.1, -0.05) is 0 Å². The Kier molecular flexibility index (Phi) is 3.75. The number of hydrogen-bond acceptors (Lipinski definition) is 4. The maximum Gasteiger partial charge on any atom is 0.357 e. The van der Waals surface area contributed by atoms with Crippen molar-refractivity contribution in [2.24, 2.45) is 7.05 Å². The molecule has 0 bridgehead atoms. The molecule has 1 aliphatic carbocycles. The van der Waals surface area contributed by atoms with E-state index < -0.39 is 5.97 Å². The summed E-state index contributed by atoms with van der Waals surface area (Å²) in [5, 5.41) is 2.78. The minimum Gasteiger partial charge on any atom is -0.468 e. The van der Waals surface area contributed by atoms with E-state index in [1.165, 1.54) is 6.26 Å². The van der Waals surface area contributed by atoms with Gasteiger partial charge in [-0.25, -0.2) is 4.79 Å². The highest BCUT2D eigenvalue weighted by atomic mass is 16.5. The van der Waals surface area contributed by atoms with Crippen LogP contribution in [-0.4, -0.2) is 23.1 Å². The molecule has 2 aromatic heterocycles. The Morgan fingerprint density at radius 1 is 1.41 bits per heavy atom. The molecule has 1 fully saturated rings. The maximum atomic E-state index is 12.4. The third-order valence-corrected chi connectivity index (χ3v) is 3.68. The van der Waals surface area contributed by atoms with Gasteiger partial charge in [0.15, 0.2) is 5.69 Å². The fourth-order valence-electron chi connectivity index (χ4n) is 2.44. The molecule has 0 atom stereocenters. The van der Waals surface area contributed by atoms with Crippen LogP contribution in [0.1, 0.15) is 52.3 Å². The lowest BCUT2D eigenvalue weighted by Crippen LogP contribution is -2.17. The molecular weight excluding hydrogens is 284 g/mol. The van der Waals surface area contributed by atoms with Gasteiger partial charge in [-0.2, -0.15) is 0 Å². The highest BCUT2D eigenvalue weighted by molar-refractivity contribution is 6.08. The van der Waals surface area contributed by atoms with Crippen LogP contribution < -0.4 is 5.32 Å². The molecule has 22 heavy (non-hydrogen) atoms. The minimum absolute atomic E-state index is 0.271. The smallest absolute Gasteiger partial charge is 0.357 e. The molecular formula is C16H18N2O4. The predicted octanol–water partition coefficient (Wildman–Crippen LogP) is 2.92. The van der Waals surface area contributed by atoms with E-state index in [9.17, 15) is 9.59 Å². The number of hydrogen-bond donors (Lipinski definition) is 1. The Morgan fingerprint density at radius 2 is 2.18 bits per heavy atom. The van der Waals surface area contributed by atoms with E-state index in [1.807, 2.05) is 0 Å². The van der Waals surface area contributed by atoms with E-state index >= 15 is 0 Å². The van der Waals surface area contributed by atoms with Crippen molar-refractivity contribution in [3.8, 4) is 0 Å². The van der Waals surface area contributed by atoms with Crippen molar-refractivity contribution in [3.63, 3.8) is 0 Å². The summed E-state index contributed by atoms with van der Waals surface area (Å²) >= 11 is 0. The number of esters is 1. The van der Waals surface area contributed by atoms with E-state index in [1.54, 1.807) is 36.9 Å². The van der Waals surface area contributed by atoms with E-state index in [0.29, 0.717) is 22.9 Å². The van der Waals surface area contributed by atoms with Crippen molar-refractivity contribution >= 4 is 17.6 Å². The van der Waals surface area contributed by atoms with Gasteiger partial charge in [-0.3, -0.25) is 4.79 Å². The highest BCUT2D eigenvalue weighted by Crippen LogP contribution is 2.42. The lowest BCUT2D eigenvalue weighted by molar-refractivity contribution is 0.0516. The second-order valence-corrected chi connectivity index (χ2v) is 5.34. The first kappa shape index (κ1) is 14.4. The first-order valence-electron chi connectivity index (χ1n) is 7.33. The van der Waals surface area contributed by atoms with Gasteiger partial charge in [0.2, 0.25) is 0 Å². The molecule has 0 spiro atoms. The fourth-order valence-corrected chi connectivity index (χ4v) is 2.44. The number of aromatic nitrogens is 1. The summed E-state index contributed by atoms with van der Waals surface area (Å²) in [4.78, 5) is 24.4. The van der Waals surface area contributed by atoms with Crippen molar-refractivity contribution in [2.75, 3.05) is 11.9 Å². The van der Waals surface area contributed by atoms with Crippen LogP contribution in [0, 0.1) is 0 Å². The number of nitrogens with one attached hydrogen (secondary N) is 1. The quantitative estimate of drug-likeness (QED) is 0.862. The van der Waals surface area contributed by atoms with Gasteiger partial charge in [0.25, 0.3) is 5.91 Å². The van der Waals surface area contributed by atoms with Crippen LogP contribution in [0.25, 0.3) is 0 Å². The summed E-state index contributed by atoms with van der Waals surface area (Å²) in [5.41, 5.74) is 1.29. The van der Waals surface area contributed by atoms with Gasteiger partial charge in [0.1, 0.15) is 5.76 Å². The van der Waals surface area contributed by atoms with Gasteiger partial charge >= 0.3 is 5.97 Å². The normalized spacial score (nSPS) is 13.9. The molecule has 3 rings (SSSR count). The van der Waals surface area contributed by atoms with Crippen molar-refractivity contribution in [3.05, 3.63) is 41.6 Å². The second-order valence-electron chi connectivity index (χ2n) is 5.34. The number of aryl methyl sites for hydroxylation is 1. The SMILES string of the molecule is CCOC(=O)c1c(NC(=O)c2ccoc2C2CC2)ccn1C. The lowest BCUT2D eigenvalue weighted by Gasteiger charge is -2.08. The van der Waals surface area contributed by atoms with Gasteiger partial charge < -0.3 is 19.0 Å². The summed E-state index contributed by atoms with van der Waals surface area (Å²) in [5.74, 6) is 0.342. The van der Waals surface area contributed by atoms with Crippen LogP contribution >= 0.6 is 0 Å². The Bertz CT molecular complexity index is 710. The van der Waals surface area contributed by atoms with Gasteiger partial charge in [-0.15, -0.1) is 0 Å². The summed E-state index contributed by atoms with van der Waals surface area (Å²) < 4.78 is 12.1. The molecule has 2 heterocycles. The number of rotatable bonds is 5. The largest absolute Gasteiger partial charge is 0.468 e. The van der Waals surface area contributed by atoms with E-state index in [2.05, 4.69) is 5.32 Å². The van der Waals surface area contributed by atoms with Crippen LogP contribution in [0.15, 0.2) is 29.0 Å². The number of ether oxygens (including phenoxy) is 1. The number of amides is 1. The Morgan fingerprint density at radius 3 is 2.86 bits per heavy atom. The van der Waals surface area contributed by atoms with Crippen molar-refractivity contribution < 1.29 is 18.7 Å². The third-order valence-electron chi connectivity index (χ3n) is 3.68. The van der Waals surface area contributed by atoms with E-state index in [-0.39, 0.29) is 12.5 Å². The van der Waals surface area contributed by atoms with Crippen LogP contribution in [0.3, 0.4) is 0 Å². The average Bonchev–Trinajstić information content (AvgIpc) is 3.09. The summed E-state index contributed by atoms with van der Waals surface area (Å²) in [6.07, 6.45) is 5.33. The molecule has 6 nitrogen and oxygen atoms in total. The number of furan rings is 1. The zero-order valence-corrected chi connectivity index (χ0v) is 12.6. The molecule has 1 N–H and O–H groups in total. The van der Waals surface area contributed by atoms with Gasteiger partial charge in [0.05, 0.1) is 24.1 Å². The van der Waals surface area contributed by atoms with Crippen LogP contribution in [-0.2, 0) is 11.8 Å². The number of carbonyl (C=O) groups is 2.